The van der Waals surface area contributed by atoms with Crippen LogP contribution in [-0.4, -0.2) is 45.7 Å². The van der Waals surface area contributed by atoms with Gasteiger partial charge in [-0.15, -0.1) is 0 Å². The molecule has 1 saturated carbocycles. The number of fused-ring (bicyclic) bond motifs is 2. The molecule has 0 radical (unpaired) electrons. The van der Waals surface area contributed by atoms with E-state index >= 15 is 0 Å². The molecule has 4 N–H and O–H groups in total. The summed E-state index contributed by atoms with van der Waals surface area (Å²) in [4.78, 5) is 10.4. The van der Waals surface area contributed by atoms with Crippen molar-refractivity contribution in [2.75, 3.05) is 25.4 Å². The van der Waals surface area contributed by atoms with Crippen molar-refractivity contribution in [3.05, 3.63) is 24.0 Å². The van der Waals surface area contributed by atoms with E-state index in [9.17, 15) is 5.11 Å². The second kappa shape index (κ2) is 5.00. The molecule has 3 unspecified atom stereocenters. The summed E-state index contributed by atoms with van der Waals surface area (Å²) in [5.74, 6) is 2.23. The minimum absolute atomic E-state index is 0.0748. The van der Waals surface area contributed by atoms with Gasteiger partial charge in [0.1, 0.15) is 5.82 Å². The van der Waals surface area contributed by atoms with E-state index < -0.39 is 0 Å². The lowest BCUT2D eigenvalue weighted by Crippen LogP contribution is -2.27. The molecule has 1 saturated heterocycles. The van der Waals surface area contributed by atoms with Crippen LogP contribution in [0.4, 0.5) is 5.69 Å². The van der Waals surface area contributed by atoms with E-state index in [1.807, 2.05) is 18.2 Å². The van der Waals surface area contributed by atoms with Crippen LogP contribution >= 0.6 is 0 Å². The maximum absolute atomic E-state index is 9.97. The number of aromatic amines is 1. The quantitative estimate of drug-likeness (QED) is 0.745. The molecule has 2 heterocycles. The van der Waals surface area contributed by atoms with E-state index in [1.165, 1.54) is 6.42 Å². The van der Waals surface area contributed by atoms with E-state index in [0.29, 0.717) is 11.8 Å². The molecule has 2 aliphatic rings. The average Bonchev–Trinajstić information content (AvgIpc) is 3.12. The number of rotatable bonds is 3. The monoisotopic (exact) mass is 286 g/mol. The van der Waals surface area contributed by atoms with Crippen molar-refractivity contribution in [1.29, 1.82) is 0 Å². The van der Waals surface area contributed by atoms with E-state index in [0.717, 1.165) is 55.0 Å². The Balaban J connectivity index is 1.40. The van der Waals surface area contributed by atoms with Crippen LogP contribution in [0.3, 0.4) is 0 Å². The molecule has 2 fully saturated rings. The molecule has 4 rings (SSSR count). The van der Waals surface area contributed by atoms with Crippen LogP contribution in [0.2, 0.25) is 0 Å². The average molecular weight is 286 g/mol. The summed E-state index contributed by atoms with van der Waals surface area (Å²) in [6, 6.07) is 5.78. The smallest absolute Gasteiger partial charge is 0.108 e. The molecule has 0 bridgehead atoms. The van der Waals surface area contributed by atoms with Gasteiger partial charge < -0.3 is 20.7 Å². The number of likely N-dealkylation sites (tertiary alicyclic amines) is 1. The number of H-pyrrole nitrogens is 1. The first-order valence-corrected chi connectivity index (χ1v) is 7.83. The van der Waals surface area contributed by atoms with Gasteiger partial charge in [0.2, 0.25) is 0 Å². The summed E-state index contributed by atoms with van der Waals surface area (Å²) in [5.41, 5.74) is 8.55. The lowest BCUT2D eigenvalue weighted by molar-refractivity contribution is 0.124. The van der Waals surface area contributed by atoms with E-state index in [-0.39, 0.29) is 6.10 Å². The van der Waals surface area contributed by atoms with Crippen molar-refractivity contribution in [1.82, 2.24) is 14.9 Å². The third kappa shape index (κ3) is 2.40. The molecule has 21 heavy (non-hydrogen) atoms. The van der Waals surface area contributed by atoms with Gasteiger partial charge in [-0.1, -0.05) is 0 Å². The number of aliphatic hydroxyl groups is 1. The molecule has 2 aromatic rings. The first-order chi connectivity index (χ1) is 10.2. The minimum Gasteiger partial charge on any atom is -0.399 e. The third-order valence-electron chi connectivity index (χ3n) is 5.11. The number of nitrogen functional groups attached to an aromatic ring is 1. The number of aromatic nitrogens is 2. The zero-order chi connectivity index (χ0) is 14.4. The van der Waals surface area contributed by atoms with Crippen LogP contribution in [-0.2, 0) is 6.42 Å². The molecule has 3 atom stereocenters. The van der Waals surface area contributed by atoms with Crippen LogP contribution in [0.25, 0.3) is 11.0 Å². The SMILES string of the molecule is Nc1ccc2nc(CCN3CC4CCC(O)C4C3)[nH]c2c1. The Morgan fingerprint density at radius 3 is 3.10 bits per heavy atom. The Hall–Kier alpha value is -1.59. The van der Waals surface area contributed by atoms with Crippen molar-refractivity contribution in [2.45, 2.75) is 25.4 Å². The second-order valence-corrected chi connectivity index (χ2v) is 6.54. The fourth-order valence-corrected chi connectivity index (χ4v) is 3.97. The number of anilines is 1. The largest absolute Gasteiger partial charge is 0.399 e. The van der Waals surface area contributed by atoms with Crippen LogP contribution in [0.5, 0.6) is 0 Å². The zero-order valence-electron chi connectivity index (χ0n) is 12.1. The number of hydrogen-bond donors (Lipinski definition) is 3. The predicted molar refractivity (Wildman–Crippen MR) is 82.9 cm³/mol. The Labute approximate surface area is 124 Å². The van der Waals surface area contributed by atoms with Crippen LogP contribution in [0.15, 0.2) is 18.2 Å². The fourth-order valence-electron chi connectivity index (χ4n) is 3.97. The minimum atomic E-state index is -0.0748. The molecule has 0 amide bonds. The van der Waals surface area contributed by atoms with Crippen molar-refractivity contribution in [3.8, 4) is 0 Å². The van der Waals surface area contributed by atoms with Gasteiger partial charge in [0.25, 0.3) is 0 Å². The molecule has 1 aliphatic carbocycles. The molecule has 0 spiro atoms. The van der Waals surface area contributed by atoms with Gasteiger partial charge in [0.15, 0.2) is 0 Å². The number of nitrogens with zero attached hydrogens (tertiary/aromatic N) is 2. The van der Waals surface area contributed by atoms with Crippen molar-refractivity contribution >= 4 is 16.7 Å². The number of hydrogen-bond acceptors (Lipinski definition) is 4. The molecular weight excluding hydrogens is 264 g/mol. The van der Waals surface area contributed by atoms with Crippen molar-refractivity contribution in [3.63, 3.8) is 0 Å². The normalized spacial score (nSPS) is 29.3. The summed E-state index contributed by atoms with van der Waals surface area (Å²) in [5, 5.41) is 9.97. The highest BCUT2D eigenvalue weighted by Crippen LogP contribution is 2.37. The van der Waals surface area contributed by atoms with E-state index in [4.69, 9.17) is 5.73 Å². The summed E-state index contributed by atoms with van der Waals surface area (Å²) >= 11 is 0. The van der Waals surface area contributed by atoms with Crippen molar-refractivity contribution in [2.24, 2.45) is 11.8 Å². The first-order valence-electron chi connectivity index (χ1n) is 7.83. The lowest BCUT2D eigenvalue weighted by Gasteiger charge is -2.17. The Morgan fingerprint density at radius 1 is 1.33 bits per heavy atom. The molecule has 1 aromatic carbocycles. The topological polar surface area (TPSA) is 78.2 Å². The van der Waals surface area contributed by atoms with Crippen LogP contribution in [0.1, 0.15) is 18.7 Å². The number of nitrogens with two attached hydrogens (primary N) is 1. The Kier molecular flexibility index (Phi) is 3.12. The molecule has 1 aromatic heterocycles. The van der Waals surface area contributed by atoms with Gasteiger partial charge >= 0.3 is 0 Å². The Bertz CT molecular complexity index is 653. The van der Waals surface area contributed by atoms with Gasteiger partial charge in [-0.3, -0.25) is 0 Å². The van der Waals surface area contributed by atoms with Crippen LogP contribution in [0, 0.1) is 11.8 Å². The third-order valence-corrected chi connectivity index (χ3v) is 5.11. The molecule has 1 aliphatic heterocycles. The maximum atomic E-state index is 9.97. The number of nitrogens with one attached hydrogen (secondary N) is 1. The highest BCUT2D eigenvalue weighted by atomic mass is 16.3. The van der Waals surface area contributed by atoms with Gasteiger partial charge in [0.05, 0.1) is 17.1 Å². The first kappa shape index (κ1) is 13.1. The predicted octanol–water partition coefficient (Wildman–Crippen LogP) is 1.39. The fraction of sp³-hybridized carbons (Fsp3) is 0.562. The lowest BCUT2D eigenvalue weighted by atomic mass is 10.00. The number of aliphatic hydroxyl groups excluding tert-OH is 1. The highest BCUT2D eigenvalue weighted by Gasteiger charge is 2.41. The maximum Gasteiger partial charge on any atom is 0.108 e. The molecule has 112 valence electrons. The number of imidazole rings is 1. The van der Waals surface area contributed by atoms with E-state index in [2.05, 4.69) is 14.9 Å². The second-order valence-electron chi connectivity index (χ2n) is 6.54. The van der Waals surface area contributed by atoms with Crippen molar-refractivity contribution < 1.29 is 5.11 Å². The van der Waals surface area contributed by atoms with Gasteiger partial charge in [0, 0.05) is 37.7 Å². The summed E-state index contributed by atoms with van der Waals surface area (Å²) in [6.45, 7) is 3.18. The summed E-state index contributed by atoms with van der Waals surface area (Å²) in [6.07, 6.45) is 3.03. The summed E-state index contributed by atoms with van der Waals surface area (Å²) < 4.78 is 0. The van der Waals surface area contributed by atoms with Gasteiger partial charge in [-0.05, 0) is 37.0 Å². The molecule has 5 heteroatoms. The molecule has 5 nitrogen and oxygen atoms in total. The molecular formula is C16H22N4O. The van der Waals surface area contributed by atoms with Gasteiger partial charge in [-0.2, -0.15) is 0 Å². The highest BCUT2D eigenvalue weighted by molar-refractivity contribution is 5.78. The Morgan fingerprint density at radius 2 is 2.24 bits per heavy atom. The zero-order valence-corrected chi connectivity index (χ0v) is 12.1. The van der Waals surface area contributed by atoms with Crippen LogP contribution < -0.4 is 5.73 Å². The van der Waals surface area contributed by atoms with Gasteiger partial charge in [-0.25, -0.2) is 4.98 Å². The van der Waals surface area contributed by atoms with E-state index in [1.54, 1.807) is 0 Å². The number of benzene rings is 1. The standard InChI is InChI=1S/C16H22N4O/c17-11-2-3-13-14(7-11)19-16(18-13)5-6-20-8-10-1-4-15(21)12(10)9-20/h2-3,7,10,12,15,21H,1,4-6,8-9,17H2,(H,18,19). The summed E-state index contributed by atoms with van der Waals surface area (Å²) in [7, 11) is 0.